The number of hydrogen-bond acceptors (Lipinski definition) is 3. The van der Waals surface area contributed by atoms with Gasteiger partial charge in [-0.3, -0.25) is 0 Å². The molecule has 0 radical (unpaired) electrons. The van der Waals surface area contributed by atoms with Crippen molar-refractivity contribution in [3.05, 3.63) is 38.1 Å². The maximum atomic E-state index is 5.68. The van der Waals surface area contributed by atoms with Crippen LogP contribution in [0.25, 0.3) is 21.7 Å². The minimum absolute atomic E-state index is 0.540. The molecule has 3 nitrogen and oxygen atoms in total. The number of fused-ring (bicyclic) bond motifs is 1. The fourth-order valence-electron chi connectivity index (χ4n) is 2.05. The van der Waals surface area contributed by atoms with Gasteiger partial charge >= 0.3 is 0 Å². The Hall–Kier alpha value is -0.690. The van der Waals surface area contributed by atoms with E-state index in [4.69, 9.17) is 10.7 Å². The molecule has 0 unspecified atom stereocenters. The molecule has 2 heterocycles. The van der Waals surface area contributed by atoms with Crippen molar-refractivity contribution < 1.29 is 0 Å². The Balaban J connectivity index is 2.21. The molecule has 0 saturated carbocycles. The van der Waals surface area contributed by atoms with E-state index in [0.29, 0.717) is 6.54 Å². The third-order valence-corrected chi connectivity index (χ3v) is 6.30. The third-order valence-electron chi connectivity index (χ3n) is 3.05. The molecule has 0 saturated heterocycles. The SMILES string of the molecule is Cn1c(-c2cc(Br)c(Br)s2)nc2cc(CN)ccc21. The Bertz CT molecular complexity index is 741. The van der Waals surface area contributed by atoms with E-state index in [-0.39, 0.29) is 0 Å². The quantitative estimate of drug-likeness (QED) is 0.697. The van der Waals surface area contributed by atoms with Crippen LogP contribution in [0.1, 0.15) is 5.56 Å². The van der Waals surface area contributed by atoms with Gasteiger partial charge in [0.2, 0.25) is 0 Å². The van der Waals surface area contributed by atoms with E-state index in [0.717, 1.165) is 35.6 Å². The average molecular weight is 401 g/mol. The van der Waals surface area contributed by atoms with E-state index in [2.05, 4.69) is 54.6 Å². The van der Waals surface area contributed by atoms with Crippen molar-refractivity contribution in [2.24, 2.45) is 12.8 Å². The molecular weight excluding hydrogens is 390 g/mol. The van der Waals surface area contributed by atoms with E-state index in [9.17, 15) is 0 Å². The molecule has 0 spiro atoms. The molecule has 3 aromatic rings. The highest BCUT2D eigenvalue weighted by molar-refractivity contribution is 9.13. The third kappa shape index (κ3) is 2.27. The Morgan fingerprint density at radius 2 is 2.11 bits per heavy atom. The topological polar surface area (TPSA) is 43.8 Å². The van der Waals surface area contributed by atoms with Gasteiger partial charge in [-0.05, 0) is 55.6 Å². The zero-order chi connectivity index (χ0) is 13.6. The first kappa shape index (κ1) is 13.3. The number of imidazole rings is 1. The monoisotopic (exact) mass is 399 g/mol. The van der Waals surface area contributed by atoms with Gasteiger partial charge in [-0.15, -0.1) is 11.3 Å². The fourth-order valence-corrected chi connectivity index (χ4v) is 4.11. The van der Waals surface area contributed by atoms with Crippen molar-refractivity contribution in [2.45, 2.75) is 6.54 Å². The Morgan fingerprint density at radius 1 is 1.32 bits per heavy atom. The van der Waals surface area contributed by atoms with Crippen molar-refractivity contribution in [1.29, 1.82) is 0 Å². The molecule has 0 atom stereocenters. The summed E-state index contributed by atoms with van der Waals surface area (Å²) in [6.45, 7) is 0.540. The summed E-state index contributed by atoms with van der Waals surface area (Å²) in [5.74, 6) is 0.973. The largest absolute Gasteiger partial charge is 0.326 e. The number of hydrogen-bond donors (Lipinski definition) is 1. The summed E-state index contributed by atoms with van der Waals surface area (Å²) in [6, 6.07) is 8.26. The molecule has 0 aliphatic rings. The number of nitrogens with zero attached hydrogens (tertiary/aromatic N) is 2. The average Bonchev–Trinajstić information content (AvgIpc) is 2.90. The Morgan fingerprint density at radius 3 is 2.74 bits per heavy atom. The van der Waals surface area contributed by atoms with Crippen LogP contribution in [0.2, 0.25) is 0 Å². The van der Waals surface area contributed by atoms with Gasteiger partial charge in [0.15, 0.2) is 5.82 Å². The van der Waals surface area contributed by atoms with Gasteiger partial charge in [-0.25, -0.2) is 4.98 Å². The summed E-state index contributed by atoms with van der Waals surface area (Å²) in [7, 11) is 2.04. The molecular formula is C13H11Br2N3S. The van der Waals surface area contributed by atoms with Gasteiger partial charge in [0.25, 0.3) is 0 Å². The first-order valence-corrected chi connectivity index (χ1v) is 8.11. The van der Waals surface area contributed by atoms with Crippen LogP contribution in [0.5, 0.6) is 0 Å². The van der Waals surface area contributed by atoms with Crippen LogP contribution in [0.4, 0.5) is 0 Å². The summed E-state index contributed by atoms with van der Waals surface area (Å²) in [5, 5.41) is 0. The first-order chi connectivity index (χ1) is 9.10. The summed E-state index contributed by atoms with van der Waals surface area (Å²) in [4.78, 5) is 5.85. The lowest BCUT2D eigenvalue weighted by Crippen LogP contribution is -1.95. The number of aromatic nitrogens is 2. The summed E-state index contributed by atoms with van der Waals surface area (Å²) in [5.41, 5.74) is 8.88. The second-order valence-electron chi connectivity index (χ2n) is 4.25. The van der Waals surface area contributed by atoms with Gasteiger partial charge in [0.1, 0.15) is 0 Å². The van der Waals surface area contributed by atoms with Gasteiger partial charge < -0.3 is 10.3 Å². The standard InChI is InChI=1S/C13H11Br2N3S/c1-18-10-3-2-7(6-16)4-9(10)17-13(18)11-5-8(14)12(15)19-11/h2-5H,6,16H2,1H3. The predicted octanol–water partition coefficient (Wildman–Crippen LogP) is 4.29. The van der Waals surface area contributed by atoms with Crippen LogP contribution in [0.15, 0.2) is 32.5 Å². The Labute approximate surface area is 131 Å². The lowest BCUT2D eigenvalue weighted by molar-refractivity contribution is 0.962. The zero-order valence-corrected chi connectivity index (χ0v) is 14.1. The zero-order valence-electron chi connectivity index (χ0n) is 10.2. The molecule has 2 aromatic heterocycles. The number of benzene rings is 1. The molecule has 98 valence electrons. The lowest BCUT2D eigenvalue weighted by atomic mass is 10.2. The predicted molar refractivity (Wildman–Crippen MR) is 87.3 cm³/mol. The maximum Gasteiger partial charge on any atom is 0.151 e. The number of nitrogens with two attached hydrogens (primary N) is 1. The van der Waals surface area contributed by atoms with Gasteiger partial charge in [0.05, 0.1) is 19.7 Å². The van der Waals surface area contributed by atoms with Gasteiger partial charge in [-0.1, -0.05) is 6.07 Å². The van der Waals surface area contributed by atoms with Crippen LogP contribution in [-0.4, -0.2) is 9.55 Å². The number of halogens is 2. The first-order valence-electron chi connectivity index (χ1n) is 5.71. The van der Waals surface area contributed by atoms with E-state index >= 15 is 0 Å². The van der Waals surface area contributed by atoms with Gasteiger partial charge in [0, 0.05) is 18.1 Å². The molecule has 0 amide bonds. The number of thiophene rings is 1. The van der Waals surface area contributed by atoms with E-state index in [1.54, 1.807) is 11.3 Å². The van der Waals surface area contributed by atoms with Crippen LogP contribution in [-0.2, 0) is 13.6 Å². The Kier molecular flexibility index (Phi) is 3.51. The molecule has 0 aliphatic carbocycles. The maximum absolute atomic E-state index is 5.68. The van der Waals surface area contributed by atoms with E-state index in [1.165, 1.54) is 0 Å². The second-order valence-corrected chi connectivity index (χ2v) is 7.48. The van der Waals surface area contributed by atoms with Crippen molar-refractivity contribution in [2.75, 3.05) is 0 Å². The highest BCUT2D eigenvalue weighted by atomic mass is 79.9. The summed E-state index contributed by atoms with van der Waals surface area (Å²) >= 11 is 8.71. The van der Waals surface area contributed by atoms with Crippen LogP contribution < -0.4 is 5.73 Å². The van der Waals surface area contributed by atoms with E-state index in [1.807, 2.05) is 13.1 Å². The molecule has 0 aliphatic heterocycles. The van der Waals surface area contributed by atoms with Crippen molar-refractivity contribution >= 4 is 54.2 Å². The summed E-state index contributed by atoms with van der Waals surface area (Å²) in [6.07, 6.45) is 0. The van der Waals surface area contributed by atoms with Crippen LogP contribution >= 0.6 is 43.2 Å². The number of aryl methyl sites for hydroxylation is 1. The minimum Gasteiger partial charge on any atom is -0.326 e. The number of rotatable bonds is 2. The van der Waals surface area contributed by atoms with Crippen LogP contribution in [0, 0.1) is 0 Å². The minimum atomic E-state index is 0.540. The molecule has 0 fully saturated rings. The van der Waals surface area contributed by atoms with Crippen LogP contribution in [0.3, 0.4) is 0 Å². The highest BCUT2D eigenvalue weighted by Gasteiger charge is 2.14. The van der Waals surface area contributed by atoms with E-state index < -0.39 is 0 Å². The normalized spacial score (nSPS) is 11.4. The van der Waals surface area contributed by atoms with Gasteiger partial charge in [-0.2, -0.15) is 0 Å². The molecule has 6 heteroatoms. The molecule has 0 bridgehead atoms. The molecule has 19 heavy (non-hydrogen) atoms. The van der Waals surface area contributed by atoms with Crippen molar-refractivity contribution in [1.82, 2.24) is 9.55 Å². The lowest BCUT2D eigenvalue weighted by Gasteiger charge is -1.99. The smallest absolute Gasteiger partial charge is 0.151 e. The molecule has 3 rings (SSSR count). The summed E-state index contributed by atoms with van der Waals surface area (Å²) < 4.78 is 4.25. The fraction of sp³-hybridized carbons (Fsp3) is 0.154. The molecule has 2 N–H and O–H groups in total. The molecule has 1 aromatic carbocycles. The highest BCUT2D eigenvalue weighted by Crippen LogP contribution is 2.38. The van der Waals surface area contributed by atoms with Crippen molar-refractivity contribution in [3.8, 4) is 10.7 Å². The van der Waals surface area contributed by atoms with Crippen molar-refractivity contribution in [3.63, 3.8) is 0 Å². The second kappa shape index (κ2) is 5.01.